The van der Waals surface area contributed by atoms with Gasteiger partial charge in [-0.25, -0.2) is 0 Å². The highest BCUT2D eigenvalue weighted by Gasteiger charge is 2.36. The summed E-state index contributed by atoms with van der Waals surface area (Å²) in [6, 6.07) is 5.71. The Balaban J connectivity index is 1.65. The highest BCUT2D eigenvalue weighted by molar-refractivity contribution is 6.04. The van der Waals surface area contributed by atoms with Gasteiger partial charge in [0.15, 0.2) is 0 Å². The lowest BCUT2D eigenvalue weighted by atomic mass is 9.92. The number of aromatic nitrogens is 2. The molecule has 0 bridgehead atoms. The Kier molecular flexibility index (Phi) is 5.89. The van der Waals surface area contributed by atoms with E-state index in [9.17, 15) is 24.5 Å². The van der Waals surface area contributed by atoms with E-state index in [2.05, 4.69) is 27.5 Å². The summed E-state index contributed by atoms with van der Waals surface area (Å²) in [7, 11) is 0. The smallest absolute Gasteiger partial charge is 0.271 e. The van der Waals surface area contributed by atoms with E-state index < -0.39 is 28.2 Å². The van der Waals surface area contributed by atoms with Crippen LogP contribution in [0.3, 0.4) is 0 Å². The minimum atomic E-state index is -1.06. The van der Waals surface area contributed by atoms with Crippen LogP contribution >= 0.6 is 0 Å². The maximum atomic E-state index is 13.0. The first kappa shape index (κ1) is 21.5. The first-order valence-electron chi connectivity index (χ1n) is 10.6. The van der Waals surface area contributed by atoms with Crippen molar-refractivity contribution < 1.29 is 14.5 Å². The van der Waals surface area contributed by atoms with Crippen molar-refractivity contribution in [3.05, 3.63) is 50.3 Å². The van der Waals surface area contributed by atoms with Crippen molar-refractivity contribution in [1.82, 2.24) is 9.97 Å². The Bertz CT molecular complexity index is 1130. The van der Waals surface area contributed by atoms with Crippen LogP contribution in [0.25, 0.3) is 0 Å². The second-order valence-electron chi connectivity index (χ2n) is 8.00. The number of hydrogen-bond donors (Lipinski definition) is 3. The van der Waals surface area contributed by atoms with Crippen LogP contribution < -0.4 is 21.1 Å². The zero-order chi connectivity index (χ0) is 22.8. The van der Waals surface area contributed by atoms with Crippen molar-refractivity contribution in [1.29, 1.82) is 0 Å². The molecule has 2 aromatic rings. The Morgan fingerprint density at radius 3 is 2.91 bits per heavy atom. The summed E-state index contributed by atoms with van der Waals surface area (Å²) in [5, 5.41) is 16.2. The van der Waals surface area contributed by atoms with Crippen molar-refractivity contribution in [2.75, 3.05) is 22.1 Å². The highest BCUT2D eigenvalue weighted by Crippen LogP contribution is 2.32. The summed E-state index contributed by atoms with van der Waals surface area (Å²) in [5.74, 6) is -1.62. The minimum absolute atomic E-state index is 0.0830. The van der Waals surface area contributed by atoms with Gasteiger partial charge >= 0.3 is 0 Å². The van der Waals surface area contributed by atoms with E-state index in [-0.39, 0.29) is 35.2 Å². The van der Waals surface area contributed by atoms with Crippen molar-refractivity contribution in [2.24, 2.45) is 0 Å². The molecule has 1 saturated heterocycles. The Hall–Kier alpha value is -3.76. The van der Waals surface area contributed by atoms with Crippen LogP contribution in [0.2, 0.25) is 0 Å². The number of carbonyl (C=O) groups excluding carboxylic acids is 2. The molecule has 0 saturated carbocycles. The number of aromatic amines is 1. The highest BCUT2D eigenvalue weighted by atomic mass is 16.6. The second-order valence-corrected chi connectivity index (χ2v) is 8.00. The molecule has 4 rings (SSSR count). The molecule has 11 heteroatoms. The summed E-state index contributed by atoms with van der Waals surface area (Å²) in [4.78, 5) is 58.0. The fraction of sp³-hybridized carbons (Fsp3) is 0.429. The van der Waals surface area contributed by atoms with Gasteiger partial charge in [0.25, 0.3) is 11.2 Å². The quantitative estimate of drug-likeness (QED) is 0.477. The number of hydrogen-bond acceptors (Lipinski definition) is 7. The summed E-state index contributed by atoms with van der Waals surface area (Å²) < 4.78 is 0. The summed E-state index contributed by atoms with van der Waals surface area (Å²) in [5.41, 5.74) is -0.372. The van der Waals surface area contributed by atoms with E-state index in [0.717, 1.165) is 32.2 Å². The molecular formula is C21H24N6O5. The number of benzene rings is 1. The van der Waals surface area contributed by atoms with E-state index in [1.807, 2.05) is 4.90 Å². The van der Waals surface area contributed by atoms with Crippen LogP contribution in [0, 0.1) is 10.1 Å². The molecule has 0 unspecified atom stereocenters. The number of fused-ring (bicyclic) bond motifs is 1. The van der Waals surface area contributed by atoms with Gasteiger partial charge in [0.2, 0.25) is 17.8 Å². The van der Waals surface area contributed by atoms with Crippen molar-refractivity contribution >= 4 is 35.0 Å². The van der Waals surface area contributed by atoms with Gasteiger partial charge in [0.1, 0.15) is 5.82 Å². The van der Waals surface area contributed by atoms with Gasteiger partial charge in [-0.05, 0) is 31.7 Å². The van der Waals surface area contributed by atoms with E-state index in [0.29, 0.717) is 5.95 Å². The number of H-pyrrole nitrogens is 1. The van der Waals surface area contributed by atoms with Gasteiger partial charge in [-0.2, -0.15) is 4.98 Å². The fourth-order valence-electron chi connectivity index (χ4n) is 4.35. The SMILES string of the molecule is CC[C@H]1CCCCN1c1nc2c(c(=O)[nH]1)[C@H](C(=O)Nc1cccc([N+](=O)[O-])c1)CC(=O)N2. The van der Waals surface area contributed by atoms with Crippen LogP contribution in [0.15, 0.2) is 29.1 Å². The number of nitro groups is 1. The third-order valence-corrected chi connectivity index (χ3v) is 5.95. The third-order valence-electron chi connectivity index (χ3n) is 5.95. The maximum Gasteiger partial charge on any atom is 0.271 e. The molecule has 11 nitrogen and oxygen atoms in total. The number of nitrogens with one attached hydrogen (secondary N) is 3. The number of nitro benzene ring substituents is 1. The maximum absolute atomic E-state index is 13.0. The van der Waals surface area contributed by atoms with Crippen LogP contribution in [-0.4, -0.2) is 39.3 Å². The number of nitrogens with zero attached hydrogens (tertiary/aromatic N) is 3. The van der Waals surface area contributed by atoms with E-state index in [1.165, 1.54) is 24.3 Å². The molecule has 3 heterocycles. The molecule has 1 fully saturated rings. The largest absolute Gasteiger partial charge is 0.339 e. The first-order valence-corrected chi connectivity index (χ1v) is 10.6. The monoisotopic (exact) mass is 440 g/mol. The molecule has 2 aliphatic rings. The molecule has 2 atom stereocenters. The predicted molar refractivity (Wildman–Crippen MR) is 118 cm³/mol. The average Bonchev–Trinajstić information content (AvgIpc) is 2.78. The lowest BCUT2D eigenvalue weighted by Gasteiger charge is -2.36. The minimum Gasteiger partial charge on any atom is -0.339 e. The molecule has 168 valence electrons. The van der Waals surface area contributed by atoms with Crippen LogP contribution in [0.5, 0.6) is 0 Å². The predicted octanol–water partition coefficient (Wildman–Crippen LogP) is 2.51. The van der Waals surface area contributed by atoms with Crippen LogP contribution in [0.1, 0.15) is 50.5 Å². The molecule has 2 amide bonds. The lowest BCUT2D eigenvalue weighted by Crippen LogP contribution is -2.43. The zero-order valence-electron chi connectivity index (χ0n) is 17.6. The van der Waals surface area contributed by atoms with Gasteiger partial charge < -0.3 is 15.5 Å². The number of amides is 2. The van der Waals surface area contributed by atoms with E-state index in [4.69, 9.17) is 0 Å². The molecular weight excluding hydrogens is 416 g/mol. The topological polar surface area (TPSA) is 150 Å². The molecule has 0 aliphatic carbocycles. The number of rotatable bonds is 5. The molecule has 1 aromatic carbocycles. The van der Waals surface area contributed by atoms with Crippen molar-refractivity contribution in [3.8, 4) is 0 Å². The van der Waals surface area contributed by atoms with Gasteiger partial charge in [0, 0.05) is 36.8 Å². The number of carbonyl (C=O) groups is 2. The number of non-ortho nitro benzene ring substituents is 1. The van der Waals surface area contributed by atoms with Crippen molar-refractivity contribution in [2.45, 2.75) is 51.0 Å². The van der Waals surface area contributed by atoms with E-state index >= 15 is 0 Å². The zero-order valence-corrected chi connectivity index (χ0v) is 17.6. The van der Waals surface area contributed by atoms with Crippen LogP contribution in [0.4, 0.5) is 23.1 Å². The lowest BCUT2D eigenvalue weighted by molar-refractivity contribution is -0.384. The number of anilines is 3. The van der Waals surface area contributed by atoms with E-state index in [1.54, 1.807) is 0 Å². The first-order chi connectivity index (χ1) is 15.4. The summed E-state index contributed by atoms with van der Waals surface area (Å²) in [6.45, 7) is 2.83. The summed E-state index contributed by atoms with van der Waals surface area (Å²) >= 11 is 0. The summed E-state index contributed by atoms with van der Waals surface area (Å²) in [6.07, 6.45) is 3.77. The van der Waals surface area contributed by atoms with Crippen molar-refractivity contribution in [3.63, 3.8) is 0 Å². The Labute approximate surface area is 183 Å². The van der Waals surface area contributed by atoms with Gasteiger partial charge in [-0.1, -0.05) is 13.0 Å². The molecule has 1 aromatic heterocycles. The molecule has 2 aliphatic heterocycles. The molecule has 32 heavy (non-hydrogen) atoms. The van der Waals surface area contributed by atoms with Crippen LogP contribution in [-0.2, 0) is 9.59 Å². The third kappa shape index (κ3) is 4.18. The normalized spacial score (nSPS) is 20.3. The standard InChI is InChI=1S/C21H24N6O5/c1-2-13-7-3-4-9-26(13)21-24-18-17(20(30)25-21)15(11-16(28)23-18)19(29)22-12-6-5-8-14(10-12)27(31)32/h5-6,8,10,13,15H,2-4,7,9,11H2,1H3,(H,22,29)(H2,23,24,25,28,30)/t13-,15+/m0/s1. The average molecular weight is 440 g/mol. The Morgan fingerprint density at radius 2 is 2.16 bits per heavy atom. The Morgan fingerprint density at radius 1 is 1.34 bits per heavy atom. The second kappa shape index (κ2) is 8.77. The van der Waals surface area contributed by atoms with Gasteiger partial charge in [-0.3, -0.25) is 29.5 Å². The molecule has 3 N–H and O–H groups in total. The van der Waals surface area contributed by atoms with Gasteiger partial charge in [-0.15, -0.1) is 0 Å². The fourth-order valence-corrected chi connectivity index (χ4v) is 4.35. The van der Waals surface area contributed by atoms with Gasteiger partial charge in [0.05, 0.1) is 16.4 Å². The molecule has 0 spiro atoms. The number of piperidine rings is 1. The molecule has 0 radical (unpaired) electrons.